The number of primary sulfonamides is 1. The fraction of sp³-hybridized carbons (Fsp3) is 0.240. The van der Waals surface area contributed by atoms with Gasteiger partial charge in [0, 0.05) is 18.7 Å². The second-order valence-corrected chi connectivity index (χ2v) is 10.1. The van der Waals surface area contributed by atoms with Crippen LogP contribution in [-0.4, -0.2) is 40.1 Å². The van der Waals surface area contributed by atoms with Crippen LogP contribution in [0.5, 0.6) is 0 Å². The number of hydrogen-bond donors (Lipinski definition) is 1. The van der Waals surface area contributed by atoms with E-state index in [2.05, 4.69) is 15.0 Å². The van der Waals surface area contributed by atoms with E-state index in [0.29, 0.717) is 24.6 Å². The van der Waals surface area contributed by atoms with Gasteiger partial charge in [-0.05, 0) is 56.8 Å². The highest BCUT2D eigenvalue weighted by Gasteiger charge is 2.20. The van der Waals surface area contributed by atoms with Crippen molar-refractivity contribution >= 4 is 10.0 Å². The van der Waals surface area contributed by atoms with Gasteiger partial charge in [0.15, 0.2) is 5.82 Å². The molecule has 4 aromatic rings. The van der Waals surface area contributed by atoms with Gasteiger partial charge in [-0.1, -0.05) is 35.9 Å². The second kappa shape index (κ2) is 10.0. The van der Waals surface area contributed by atoms with Crippen LogP contribution in [0.2, 0.25) is 0 Å². The van der Waals surface area contributed by atoms with E-state index in [-0.39, 0.29) is 16.6 Å². The molecule has 0 bridgehead atoms. The highest BCUT2D eigenvalue weighted by Crippen LogP contribution is 2.22. The van der Waals surface area contributed by atoms with Crippen LogP contribution >= 0.6 is 0 Å². The van der Waals surface area contributed by atoms with Gasteiger partial charge in [0.25, 0.3) is 0 Å². The Hall–Kier alpha value is -3.47. The molecule has 35 heavy (non-hydrogen) atoms. The van der Waals surface area contributed by atoms with E-state index in [9.17, 15) is 8.42 Å². The van der Waals surface area contributed by atoms with Crippen molar-refractivity contribution in [2.24, 2.45) is 5.14 Å². The van der Waals surface area contributed by atoms with Gasteiger partial charge in [0.05, 0.1) is 17.1 Å². The summed E-state index contributed by atoms with van der Waals surface area (Å²) in [5.41, 5.74) is 3.11. The molecule has 0 radical (unpaired) electrons. The first-order valence-corrected chi connectivity index (χ1v) is 12.6. The molecule has 1 unspecified atom stereocenters. The fourth-order valence-corrected chi connectivity index (χ4v) is 4.34. The van der Waals surface area contributed by atoms with Gasteiger partial charge in [-0.3, -0.25) is 9.88 Å². The van der Waals surface area contributed by atoms with Crippen molar-refractivity contribution < 1.29 is 12.8 Å². The Bertz CT molecular complexity index is 1440. The zero-order chi connectivity index (χ0) is 25.2. The van der Waals surface area contributed by atoms with E-state index in [1.807, 2.05) is 63.4 Å². The molecule has 182 valence electrons. The fourth-order valence-electron chi connectivity index (χ4n) is 3.82. The maximum Gasteiger partial charge on any atom is 0.238 e. The van der Waals surface area contributed by atoms with Crippen molar-refractivity contribution in [3.63, 3.8) is 0 Å². The molecule has 2 aromatic heterocycles. The highest BCUT2D eigenvalue weighted by atomic mass is 32.2. The van der Waals surface area contributed by atoms with Gasteiger partial charge in [-0.2, -0.15) is 0 Å². The summed E-state index contributed by atoms with van der Waals surface area (Å²) in [7, 11) is -2.09. The Kier molecular flexibility index (Phi) is 7.06. The number of nitrogens with two attached hydrogens (primary N) is 1. The summed E-state index contributed by atoms with van der Waals surface area (Å²) in [6, 6.07) is 17.3. The largest absolute Gasteiger partial charge is 0.291 e. The minimum Gasteiger partial charge on any atom is -0.291 e. The average Bonchev–Trinajstić information content (AvgIpc) is 3.20. The summed E-state index contributed by atoms with van der Waals surface area (Å²) in [6.07, 6.45) is 2.17. The minimum atomic E-state index is -4.03. The lowest BCUT2D eigenvalue weighted by atomic mass is 10.1. The van der Waals surface area contributed by atoms with Gasteiger partial charge in [0.1, 0.15) is 17.3 Å². The summed E-state index contributed by atoms with van der Waals surface area (Å²) in [4.78, 5) is 10.9. The van der Waals surface area contributed by atoms with E-state index < -0.39 is 15.8 Å². The van der Waals surface area contributed by atoms with E-state index in [4.69, 9.17) is 10.1 Å². The van der Waals surface area contributed by atoms with E-state index in [1.54, 1.807) is 6.20 Å². The number of pyridine rings is 1. The van der Waals surface area contributed by atoms with Crippen LogP contribution < -0.4 is 5.14 Å². The van der Waals surface area contributed by atoms with Crippen molar-refractivity contribution in [1.29, 1.82) is 0 Å². The van der Waals surface area contributed by atoms with Gasteiger partial charge in [0.2, 0.25) is 10.0 Å². The molecule has 1 atom stereocenters. The van der Waals surface area contributed by atoms with E-state index in [0.717, 1.165) is 22.9 Å². The molecular weight excluding hydrogens is 467 g/mol. The Morgan fingerprint density at radius 2 is 1.91 bits per heavy atom. The third-order valence-corrected chi connectivity index (χ3v) is 6.72. The number of aromatic nitrogens is 4. The number of benzene rings is 2. The normalized spacial score (nSPS) is 12.7. The molecule has 8 nitrogen and oxygen atoms in total. The summed E-state index contributed by atoms with van der Waals surface area (Å²) in [5.74, 6) is 0.285. The maximum absolute atomic E-state index is 15.0. The molecule has 0 fully saturated rings. The van der Waals surface area contributed by atoms with Crippen LogP contribution in [0.15, 0.2) is 71.8 Å². The Morgan fingerprint density at radius 1 is 1.11 bits per heavy atom. The first-order chi connectivity index (χ1) is 16.6. The smallest absolute Gasteiger partial charge is 0.238 e. The molecule has 0 amide bonds. The van der Waals surface area contributed by atoms with Gasteiger partial charge in [-0.15, -0.1) is 5.10 Å². The predicted octanol–water partition coefficient (Wildman–Crippen LogP) is 3.54. The summed E-state index contributed by atoms with van der Waals surface area (Å²) >= 11 is 0. The number of rotatable bonds is 8. The zero-order valence-electron chi connectivity index (χ0n) is 19.8. The number of aryl methyl sites for hydroxylation is 1. The number of sulfonamides is 1. The van der Waals surface area contributed by atoms with E-state index >= 15 is 4.39 Å². The number of hydrogen-bond acceptors (Lipinski definition) is 6. The molecule has 0 spiro atoms. The molecule has 0 aliphatic rings. The molecule has 0 saturated carbocycles. The predicted molar refractivity (Wildman–Crippen MR) is 131 cm³/mol. The molecule has 0 saturated heterocycles. The molecule has 2 heterocycles. The van der Waals surface area contributed by atoms with Gasteiger partial charge in [-0.25, -0.2) is 27.6 Å². The number of nitrogens with zero attached hydrogens (tertiary/aromatic N) is 5. The Balaban J connectivity index is 1.70. The highest BCUT2D eigenvalue weighted by molar-refractivity contribution is 7.89. The molecule has 0 aliphatic heterocycles. The Labute approximate surface area is 204 Å². The van der Waals surface area contributed by atoms with Crippen LogP contribution in [0, 0.1) is 12.7 Å². The van der Waals surface area contributed by atoms with Crippen LogP contribution in [0.25, 0.3) is 5.69 Å². The van der Waals surface area contributed by atoms with Gasteiger partial charge < -0.3 is 0 Å². The zero-order valence-corrected chi connectivity index (χ0v) is 20.6. The topological polar surface area (TPSA) is 107 Å². The molecule has 2 aromatic carbocycles. The molecule has 10 heteroatoms. The lowest BCUT2D eigenvalue weighted by Crippen LogP contribution is -2.23. The van der Waals surface area contributed by atoms with Crippen molar-refractivity contribution in [1.82, 2.24) is 24.6 Å². The third-order valence-electron chi connectivity index (χ3n) is 5.81. The summed E-state index contributed by atoms with van der Waals surface area (Å²) < 4.78 is 39.8. The Morgan fingerprint density at radius 3 is 2.57 bits per heavy atom. The number of halogens is 1. The monoisotopic (exact) mass is 494 g/mol. The lowest BCUT2D eigenvalue weighted by molar-refractivity contribution is 0.242. The standard InChI is InChI=1S/C25H27FN6O2S/c1-17-7-6-8-19(13-17)14-25-29-24(16-31(3)18(2)22-9-4-5-12-28-22)30-32(25)23-11-10-20(15-21(23)26)35(27,33)34/h4-13,15,18H,14,16H2,1-3H3,(H2,27,33,34). The van der Waals surface area contributed by atoms with Crippen molar-refractivity contribution in [3.05, 3.63) is 101 Å². The van der Waals surface area contributed by atoms with E-state index in [1.165, 1.54) is 16.8 Å². The third kappa shape index (κ3) is 5.79. The van der Waals surface area contributed by atoms with Crippen LogP contribution in [0.1, 0.15) is 41.4 Å². The summed E-state index contributed by atoms with van der Waals surface area (Å²) in [5, 5.41) is 9.75. The van der Waals surface area contributed by atoms with Crippen molar-refractivity contribution in [2.45, 2.75) is 37.8 Å². The molecular formula is C25H27FN6O2S. The SMILES string of the molecule is Cc1cccc(Cc2nc(CN(C)C(C)c3ccccn3)nn2-c2ccc(S(N)(=O)=O)cc2F)c1. The van der Waals surface area contributed by atoms with Crippen LogP contribution in [0.3, 0.4) is 0 Å². The maximum atomic E-state index is 15.0. The summed E-state index contributed by atoms with van der Waals surface area (Å²) in [6.45, 7) is 4.44. The first-order valence-electron chi connectivity index (χ1n) is 11.1. The molecule has 4 rings (SSSR count). The molecule has 0 aliphatic carbocycles. The second-order valence-electron chi connectivity index (χ2n) is 8.53. The van der Waals surface area contributed by atoms with Crippen molar-refractivity contribution in [3.8, 4) is 5.69 Å². The lowest BCUT2D eigenvalue weighted by Gasteiger charge is -2.22. The van der Waals surface area contributed by atoms with Crippen LogP contribution in [-0.2, 0) is 23.0 Å². The molecule has 2 N–H and O–H groups in total. The average molecular weight is 495 g/mol. The van der Waals surface area contributed by atoms with Gasteiger partial charge >= 0.3 is 0 Å². The quantitative estimate of drug-likeness (QED) is 0.402. The van der Waals surface area contributed by atoms with Crippen molar-refractivity contribution in [2.75, 3.05) is 7.05 Å². The minimum absolute atomic E-state index is 0.00848. The first kappa shape index (κ1) is 24.6. The van der Waals surface area contributed by atoms with Crippen LogP contribution in [0.4, 0.5) is 4.39 Å².